The fraction of sp³-hybridized carbons (Fsp3) is 0.553. The van der Waals surface area contributed by atoms with Crippen molar-refractivity contribution in [2.45, 2.75) is 122 Å². The Bertz CT molecular complexity index is 1710. The fourth-order valence-corrected chi connectivity index (χ4v) is 8.38. The Kier molecular flexibility index (Phi) is 7.72. The van der Waals surface area contributed by atoms with E-state index >= 15 is 0 Å². The normalized spacial score (nSPS) is 30.2. The van der Waals surface area contributed by atoms with Crippen LogP contribution in [-0.4, -0.2) is 61.4 Å². The van der Waals surface area contributed by atoms with Crippen molar-refractivity contribution in [3.8, 4) is 17.2 Å². The van der Waals surface area contributed by atoms with Crippen LogP contribution >= 0.6 is 0 Å². The van der Waals surface area contributed by atoms with E-state index in [4.69, 9.17) is 14.2 Å². The number of hydrogen-bond acceptors (Lipinski definition) is 8. The molecule has 3 N–H and O–H groups in total. The lowest BCUT2D eigenvalue weighted by Gasteiger charge is -2.56. The number of phenols is 1. The number of rotatable bonds is 9. The fourth-order valence-electron chi connectivity index (χ4n) is 8.38. The van der Waals surface area contributed by atoms with E-state index in [0.717, 1.165) is 18.4 Å². The van der Waals surface area contributed by atoms with Crippen molar-refractivity contribution < 1.29 is 43.9 Å². The minimum absolute atomic E-state index is 0.0239. The van der Waals surface area contributed by atoms with Crippen LogP contribution in [0.4, 0.5) is 0 Å². The van der Waals surface area contributed by atoms with Gasteiger partial charge in [0.05, 0.1) is 11.2 Å². The van der Waals surface area contributed by atoms with Crippen molar-refractivity contribution in [2.75, 3.05) is 0 Å². The van der Waals surface area contributed by atoms with E-state index in [1.165, 1.54) is 18.6 Å². The molecule has 3 aliphatic heterocycles. The molecule has 1 aromatic rings. The van der Waals surface area contributed by atoms with Crippen molar-refractivity contribution in [1.29, 1.82) is 0 Å². The molecule has 47 heavy (non-hydrogen) atoms. The van der Waals surface area contributed by atoms with Gasteiger partial charge in [0.15, 0.2) is 22.8 Å². The van der Waals surface area contributed by atoms with E-state index in [0.29, 0.717) is 29.7 Å². The molecule has 1 saturated heterocycles. The summed E-state index contributed by atoms with van der Waals surface area (Å²) in [6.45, 7) is 14.7. The van der Waals surface area contributed by atoms with Gasteiger partial charge in [-0.3, -0.25) is 9.59 Å². The number of carboxylic acids is 1. The van der Waals surface area contributed by atoms with Gasteiger partial charge in [0, 0.05) is 47.0 Å². The predicted molar refractivity (Wildman–Crippen MR) is 175 cm³/mol. The third-order valence-corrected chi connectivity index (χ3v) is 10.9. The Labute approximate surface area is 276 Å². The zero-order chi connectivity index (χ0) is 34.4. The average molecular weight is 647 g/mol. The summed E-state index contributed by atoms with van der Waals surface area (Å²) in [6, 6.07) is 0. The van der Waals surface area contributed by atoms with Gasteiger partial charge in [-0.15, -0.1) is 0 Å². The highest BCUT2D eigenvalue weighted by molar-refractivity contribution is 6.18. The zero-order valence-corrected chi connectivity index (χ0v) is 28.6. The van der Waals surface area contributed by atoms with Crippen molar-refractivity contribution in [2.24, 2.45) is 11.8 Å². The molecule has 1 spiro atoms. The second-order valence-corrected chi connectivity index (χ2v) is 15.3. The van der Waals surface area contributed by atoms with Crippen molar-refractivity contribution in [3.63, 3.8) is 0 Å². The molecule has 0 aromatic heterocycles. The topological polar surface area (TPSA) is 140 Å². The number of carboxylic acid groups (broad SMARTS) is 1. The third-order valence-electron chi connectivity index (χ3n) is 10.9. The van der Waals surface area contributed by atoms with E-state index < -0.39 is 52.1 Å². The summed E-state index contributed by atoms with van der Waals surface area (Å²) in [5.41, 5.74) is -1.61. The van der Waals surface area contributed by atoms with Crippen LogP contribution in [0.2, 0.25) is 0 Å². The number of ketones is 2. The molecular weight excluding hydrogens is 600 g/mol. The Hall–Kier alpha value is -3.69. The van der Waals surface area contributed by atoms with Gasteiger partial charge >= 0.3 is 5.97 Å². The SMILES string of the molecule is CC(C)=CCC/C(C)=C/Cc1c(O)c2c(c3c1O[C@@H](C(C)(C)O)C3)O[C@]13C(=C[C@@H]4C[C@H]1C(C)(C)O[C@@]3(C/C=C(/C)C(=O)O)C4=O)C2=O. The van der Waals surface area contributed by atoms with Gasteiger partial charge < -0.3 is 29.5 Å². The van der Waals surface area contributed by atoms with E-state index in [1.54, 1.807) is 19.9 Å². The van der Waals surface area contributed by atoms with Gasteiger partial charge in [-0.25, -0.2) is 4.79 Å². The van der Waals surface area contributed by atoms with Crippen LogP contribution in [-0.2, 0) is 27.2 Å². The lowest BCUT2D eigenvalue weighted by Crippen LogP contribution is -2.72. The minimum atomic E-state index is -1.65. The zero-order valence-electron chi connectivity index (χ0n) is 28.6. The molecule has 9 heteroatoms. The van der Waals surface area contributed by atoms with E-state index in [9.17, 15) is 29.7 Å². The summed E-state index contributed by atoms with van der Waals surface area (Å²) >= 11 is 0. The van der Waals surface area contributed by atoms with Gasteiger partial charge in [0.2, 0.25) is 0 Å². The number of hydrogen-bond donors (Lipinski definition) is 3. The first-order valence-electron chi connectivity index (χ1n) is 16.5. The number of fused-ring (bicyclic) bond motifs is 3. The predicted octanol–water partition coefficient (Wildman–Crippen LogP) is 6.13. The molecule has 5 atom stereocenters. The third kappa shape index (κ3) is 4.83. The highest BCUT2D eigenvalue weighted by Gasteiger charge is 2.81. The van der Waals surface area contributed by atoms with Crippen LogP contribution in [0.3, 0.4) is 0 Å². The number of allylic oxidation sites excluding steroid dienone is 5. The monoisotopic (exact) mass is 646 g/mol. The first kappa shape index (κ1) is 33.2. The molecule has 3 heterocycles. The number of phenolic OH excluding ortho intramolecular Hbond substituents is 1. The molecule has 0 unspecified atom stereocenters. The number of aliphatic hydroxyl groups is 1. The molecule has 3 aliphatic carbocycles. The van der Waals surface area contributed by atoms with Crippen molar-refractivity contribution >= 4 is 17.5 Å². The minimum Gasteiger partial charge on any atom is -0.507 e. The molecule has 4 bridgehead atoms. The molecule has 7 rings (SSSR count). The Morgan fingerprint density at radius 3 is 2.43 bits per heavy atom. The van der Waals surface area contributed by atoms with Gasteiger partial charge in [0.25, 0.3) is 0 Å². The van der Waals surface area contributed by atoms with E-state index in [1.807, 2.05) is 26.8 Å². The van der Waals surface area contributed by atoms with E-state index in [2.05, 4.69) is 19.9 Å². The quantitative estimate of drug-likeness (QED) is 0.214. The highest BCUT2D eigenvalue weighted by atomic mass is 16.6. The molecule has 2 fully saturated rings. The number of aliphatic carboxylic acids is 1. The van der Waals surface area contributed by atoms with Crippen molar-refractivity contribution in [3.05, 3.63) is 63.3 Å². The number of ether oxygens (including phenoxy) is 3. The summed E-state index contributed by atoms with van der Waals surface area (Å²) < 4.78 is 20.1. The van der Waals surface area contributed by atoms with Gasteiger partial charge in [0.1, 0.15) is 28.9 Å². The lowest BCUT2D eigenvalue weighted by atomic mass is 9.51. The summed E-state index contributed by atoms with van der Waals surface area (Å²) in [7, 11) is 0. The van der Waals surface area contributed by atoms with Crippen LogP contribution in [0.1, 0.15) is 103 Å². The molecule has 0 amide bonds. The largest absolute Gasteiger partial charge is 0.507 e. The van der Waals surface area contributed by atoms with Crippen LogP contribution in [0, 0.1) is 11.8 Å². The molecular formula is C38H46O9. The number of benzene rings is 1. The first-order valence-corrected chi connectivity index (χ1v) is 16.5. The van der Waals surface area contributed by atoms with Crippen LogP contribution in [0.15, 0.2) is 46.6 Å². The van der Waals surface area contributed by atoms with Gasteiger partial charge in [-0.2, -0.15) is 0 Å². The first-order chi connectivity index (χ1) is 21.9. The maximum absolute atomic E-state index is 14.8. The molecule has 0 radical (unpaired) electrons. The van der Waals surface area contributed by atoms with E-state index in [-0.39, 0.29) is 46.8 Å². The second-order valence-electron chi connectivity index (χ2n) is 15.3. The lowest BCUT2D eigenvalue weighted by molar-refractivity contribution is -0.171. The standard InChI is InChI=1S/C38H46O9/c1-19(2)10-9-11-20(3)12-13-23-29(39)28-30(40)25-16-22-17-26-36(7,8)47-37(33(22)41,15-14-21(4)34(42)43)38(25,26)46-32(28)24-18-27(35(5,6)44)45-31(23)24/h10,12,14,16,22,26-27,39,44H,9,11,13,15,17-18H2,1-8H3,(H,42,43)/b20-12+,21-14-/t22-,26+,27-,37+,38-/m1/s1. The van der Waals surface area contributed by atoms with Crippen LogP contribution < -0.4 is 9.47 Å². The Morgan fingerprint density at radius 2 is 1.79 bits per heavy atom. The summed E-state index contributed by atoms with van der Waals surface area (Å²) in [5, 5.41) is 32.5. The van der Waals surface area contributed by atoms with Gasteiger partial charge in [-0.05, 0) is 81.1 Å². The Balaban J connectivity index is 1.53. The Morgan fingerprint density at radius 1 is 1.09 bits per heavy atom. The maximum atomic E-state index is 14.8. The summed E-state index contributed by atoms with van der Waals surface area (Å²) in [4.78, 5) is 40.8. The maximum Gasteiger partial charge on any atom is 0.330 e. The average Bonchev–Trinajstić information content (AvgIpc) is 3.49. The molecule has 1 aromatic carbocycles. The number of carbonyl (C=O) groups excluding carboxylic acids is 2. The van der Waals surface area contributed by atoms with Crippen molar-refractivity contribution in [1.82, 2.24) is 0 Å². The van der Waals surface area contributed by atoms with Crippen LogP contribution in [0.25, 0.3) is 0 Å². The highest BCUT2D eigenvalue weighted by Crippen LogP contribution is 2.68. The number of Topliss-reactive ketones (excluding diaryl/α,β-unsaturated/α-hetero) is 2. The molecule has 1 saturated carbocycles. The number of carbonyl (C=O) groups is 3. The van der Waals surface area contributed by atoms with Gasteiger partial charge in [-0.1, -0.05) is 35.5 Å². The summed E-state index contributed by atoms with van der Waals surface area (Å²) in [6.07, 6.45) is 9.25. The molecule has 9 nitrogen and oxygen atoms in total. The smallest absolute Gasteiger partial charge is 0.330 e. The van der Waals surface area contributed by atoms with Crippen LogP contribution in [0.5, 0.6) is 17.2 Å². The molecule has 252 valence electrons. The molecule has 6 aliphatic rings. The number of aromatic hydroxyl groups is 1. The second kappa shape index (κ2) is 10.9. The summed E-state index contributed by atoms with van der Waals surface area (Å²) in [5.74, 6) is -2.55.